The van der Waals surface area contributed by atoms with E-state index in [-0.39, 0.29) is 6.04 Å². The van der Waals surface area contributed by atoms with E-state index in [4.69, 9.17) is 0 Å². The first kappa shape index (κ1) is 16.5. The molecule has 1 fully saturated rings. The Morgan fingerprint density at radius 2 is 2.10 bits per heavy atom. The molecular formula is C14H26N4O2S. The van der Waals surface area contributed by atoms with Gasteiger partial charge in [0.2, 0.25) is 10.0 Å². The highest BCUT2D eigenvalue weighted by Crippen LogP contribution is 2.22. The van der Waals surface area contributed by atoms with E-state index < -0.39 is 10.0 Å². The van der Waals surface area contributed by atoms with Crippen LogP contribution >= 0.6 is 0 Å². The van der Waals surface area contributed by atoms with E-state index in [9.17, 15) is 8.42 Å². The third-order valence-electron chi connectivity index (χ3n) is 4.16. The highest BCUT2D eigenvalue weighted by Gasteiger charge is 2.30. The van der Waals surface area contributed by atoms with Crippen molar-refractivity contribution in [3.63, 3.8) is 0 Å². The van der Waals surface area contributed by atoms with Gasteiger partial charge in [-0.2, -0.15) is 4.31 Å². The van der Waals surface area contributed by atoms with Crippen LogP contribution in [0.5, 0.6) is 0 Å². The van der Waals surface area contributed by atoms with Crippen molar-refractivity contribution in [1.82, 2.24) is 19.5 Å². The molecule has 1 aromatic heterocycles. The summed E-state index contributed by atoms with van der Waals surface area (Å²) in [6.45, 7) is 5.43. The molecule has 1 aliphatic rings. The molecule has 1 aliphatic heterocycles. The van der Waals surface area contributed by atoms with Gasteiger partial charge in [0.25, 0.3) is 0 Å². The van der Waals surface area contributed by atoms with Gasteiger partial charge in [-0.1, -0.05) is 6.92 Å². The minimum Gasteiger partial charge on any atom is -0.363 e. The summed E-state index contributed by atoms with van der Waals surface area (Å²) in [5, 5.41) is 3.18. The molecule has 0 atom stereocenters. The van der Waals surface area contributed by atoms with E-state index in [1.807, 2.05) is 6.92 Å². The lowest BCUT2D eigenvalue weighted by Crippen LogP contribution is -2.44. The molecule has 0 spiro atoms. The van der Waals surface area contributed by atoms with Gasteiger partial charge in [-0.25, -0.2) is 8.42 Å². The first-order valence-electron chi connectivity index (χ1n) is 7.49. The fraction of sp³-hybridized carbons (Fsp3) is 0.714. The summed E-state index contributed by atoms with van der Waals surface area (Å²) in [5.74, 6) is 0. The lowest BCUT2D eigenvalue weighted by molar-refractivity contribution is 0.197. The third-order valence-corrected chi connectivity index (χ3v) is 6.05. The standard InChI is InChI=1S/C14H26N4O2S/c1-4-15-10-12-9-14(11-16-12)21(19,20)18(3)13-5-7-17(2)8-6-13/h9,11,13,15-16H,4-8,10H2,1-3H3. The van der Waals surface area contributed by atoms with E-state index >= 15 is 0 Å². The van der Waals surface area contributed by atoms with Crippen LogP contribution in [-0.2, 0) is 16.6 Å². The molecule has 120 valence electrons. The maximum Gasteiger partial charge on any atom is 0.244 e. The molecule has 0 saturated carbocycles. The second kappa shape index (κ2) is 6.91. The molecule has 0 radical (unpaired) electrons. The van der Waals surface area contributed by atoms with Crippen LogP contribution in [0.4, 0.5) is 0 Å². The van der Waals surface area contributed by atoms with E-state index in [0.717, 1.165) is 38.2 Å². The number of H-pyrrole nitrogens is 1. The van der Waals surface area contributed by atoms with E-state index in [1.165, 1.54) is 0 Å². The summed E-state index contributed by atoms with van der Waals surface area (Å²) in [6, 6.07) is 1.82. The zero-order chi connectivity index (χ0) is 15.5. The van der Waals surface area contributed by atoms with Crippen LogP contribution in [0.15, 0.2) is 17.2 Å². The van der Waals surface area contributed by atoms with Crippen molar-refractivity contribution in [2.24, 2.45) is 0 Å². The average Bonchev–Trinajstić information content (AvgIpc) is 2.94. The Kier molecular flexibility index (Phi) is 5.43. The molecular weight excluding hydrogens is 288 g/mol. The quantitative estimate of drug-likeness (QED) is 0.816. The Balaban J connectivity index is 2.07. The molecule has 2 heterocycles. The minimum absolute atomic E-state index is 0.0957. The molecule has 0 amide bonds. The lowest BCUT2D eigenvalue weighted by atomic mass is 10.1. The smallest absolute Gasteiger partial charge is 0.244 e. The molecule has 6 nitrogen and oxygen atoms in total. The zero-order valence-corrected chi connectivity index (χ0v) is 13.9. The molecule has 0 aliphatic carbocycles. The monoisotopic (exact) mass is 314 g/mol. The van der Waals surface area contributed by atoms with Crippen LogP contribution < -0.4 is 5.32 Å². The summed E-state index contributed by atoms with van der Waals surface area (Å²) in [4.78, 5) is 5.63. The summed E-state index contributed by atoms with van der Waals surface area (Å²) in [6.07, 6.45) is 3.37. The average molecular weight is 314 g/mol. The van der Waals surface area contributed by atoms with Crippen molar-refractivity contribution in [1.29, 1.82) is 0 Å². The molecule has 2 N–H and O–H groups in total. The van der Waals surface area contributed by atoms with Gasteiger partial charge in [-0.3, -0.25) is 0 Å². The Labute approximate surface area is 127 Å². The molecule has 21 heavy (non-hydrogen) atoms. The summed E-state index contributed by atoms with van der Waals surface area (Å²) >= 11 is 0. The molecule has 1 aromatic rings. The lowest BCUT2D eigenvalue weighted by Gasteiger charge is -2.34. The van der Waals surface area contributed by atoms with Gasteiger partial charge in [-0.15, -0.1) is 0 Å². The van der Waals surface area contributed by atoms with E-state index in [2.05, 4.69) is 22.2 Å². The Hall–Kier alpha value is -0.890. The van der Waals surface area contributed by atoms with E-state index in [0.29, 0.717) is 11.4 Å². The van der Waals surface area contributed by atoms with Gasteiger partial charge in [0.05, 0.1) is 4.90 Å². The van der Waals surface area contributed by atoms with Crippen molar-refractivity contribution < 1.29 is 8.42 Å². The number of aromatic amines is 1. The fourth-order valence-corrected chi connectivity index (χ4v) is 4.09. The summed E-state index contributed by atoms with van der Waals surface area (Å²) in [7, 11) is 0.366. The summed E-state index contributed by atoms with van der Waals surface area (Å²) in [5.41, 5.74) is 0.896. The molecule has 0 aromatic carbocycles. The number of rotatable bonds is 6. The minimum atomic E-state index is -3.40. The second-order valence-electron chi connectivity index (χ2n) is 5.70. The van der Waals surface area contributed by atoms with Gasteiger partial charge in [0.1, 0.15) is 0 Å². The maximum atomic E-state index is 12.7. The van der Waals surface area contributed by atoms with Crippen molar-refractivity contribution in [2.45, 2.75) is 37.2 Å². The first-order chi connectivity index (χ1) is 9.95. The summed E-state index contributed by atoms with van der Waals surface area (Å²) < 4.78 is 26.9. The maximum absolute atomic E-state index is 12.7. The van der Waals surface area contributed by atoms with Gasteiger partial charge in [0, 0.05) is 31.5 Å². The van der Waals surface area contributed by atoms with Gasteiger partial charge in [-0.05, 0) is 45.6 Å². The van der Waals surface area contributed by atoms with Crippen molar-refractivity contribution in [3.05, 3.63) is 18.0 Å². The SMILES string of the molecule is CCNCc1cc(S(=O)(=O)N(C)C2CCN(C)CC2)c[nH]1. The third kappa shape index (κ3) is 3.85. The molecule has 0 unspecified atom stereocenters. The van der Waals surface area contributed by atoms with E-state index in [1.54, 1.807) is 23.6 Å². The number of nitrogens with zero attached hydrogens (tertiary/aromatic N) is 2. The number of likely N-dealkylation sites (tertiary alicyclic amines) is 1. The zero-order valence-electron chi connectivity index (χ0n) is 13.1. The Morgan fingerprint density at radius 1 is 1.43 bits per heavy atom. The number of hydrogen-bond donors (Lipinski definition) is 2. The van der Waals surface area contributed by atoms with Crippen LogP contribution in [0.3, 0.4) is 0 Å². The van der Waals surface area contributed by atoms with Crippen LogP contribution in [0.25, 0.3) is 0 Å². The van der Waals surface area contributed by atoms with Crippen LogP contribution in [0.1, 0.15) is 25.5 Å². The number of sulfonamides is 1. The number of hydrogen-bond acceptors (Lipinski definition) is 4. The van der Waals surface area contributed by atoms with Gasteiger partial charge >= 0.3 is 0 Å². The predicted octanol–water partition coefficient (Wildman–Crippen LogP) is 0.839. The van der Waals surface area contributed by atoms with Crippen LogP contribution in [-0.4, -0.2) is 62.4 Å². The fourth-order valence-electron chi connectivity index (χ4n) is 2.65. The normalized spacial score (nSPS) is 18.5. The van der Waals surface area contributed by atoms with Crippen LogP contribution in [0, 0.1) is 0 Å². The van der Waals surface area contributed by atoms with Crippen LogP contribution in [0.2, 0.25) is 0 Å². The predicted molar refractivity (Wildman–Crippen MR) is 83.6 cm³/mol. The highest BCUT2D eigenvalue weighted by molar-refractivity contribution is 7.89. The highest BCUT2D eigenvalue weighted by atomic mass is 32.2. The second-order valence-corrected chi connectivity index (χ2v) is 7.69. The van der Waals surface area contributed by atoms with Crippen molar-refractivity contribution in [3.8, 4) is 0 Å². The first-order valence-corrected chi connectivity index (χ1v) is 8.93. The number of nitrogens with one attached hydrogen (secondary N) is 2. The molecule has 2 rings (SSSR count). The van der Waals surface area contributed by atoms with Crippen molar-refractivity contribution in [2.75, 3.05) is 33.7 Å². The number of aromatic nitrogens is 1. The molecule has 7 heteroatoms. The Bertz CT molecular complexity index is 547. The molecule has 1 saturated heterocycles. The van der Waals surface area contributed by atoms with Crippen molar-refractivity contribution >= 4 is 10.0 Å². The topological polar surface area (TPSA) is 68.4 Å². The number of piperidine rings is 1. The Morgan fingerprint density at radius 3 is 2.71 bits per heavy atom. The largest absolute Gasteiger partial charge is 0.363 e. The van der Waals surface area contributed by atoms with Gasteiger partial charge in [0.15, 0.2) is 0 Å². The molecule has 0 bridgehead atoms. The van der Waals surface area contributed by atoms with Gasteiger partial charge < -0.3 is 15.2 Å².